The summed E-state index contributed by atoms with van der Waals surface area (Å²) in [5.74, 6) is 1.48. The van der Waals surface area contributed by atoms with Crippen molar-refractivity contribution in [3.8, 4) is 5.75 Å². The van der Waals surface area contributed by atoms with Gasteiger partial charge in [0.05, 0.1) is 11.7 Å². The summed E-state index contributed by atoms with van der Waals surface area (Å²) in [6.45, 7) is 6.89. The molecule has 1 aliphatic heterocycles. The van der Waals surface area contributed by atoms with Crippen molar-refractivity contribution < 1.29 is 9.84 Å². The molecule has 4 rings (SSSR count). The zero-order valence-corrected chi connectivity index (χ0v) is 16.3. The highest BCUT2D eigenvalue weighted by Gasteiger charge is 2.51. The molecule has 1 saturated carbocycles. The molecule has 1 aliphatic carbocycles. The Hall–Kier alpha value is -1.91. The lowest BCUT2D eigenvalue weighted by Gasteiger charge is -2.53. The zero-order valence-electron chi connectivity index (χ0n) is 16.3. The summed E-state index contributed by atoms with van der Waals surface area (Å²) in [7, 11) is 0. The Morgan fingerprint density at radius 3 is 2.44 bits per heavy atom. The summed E-state index contributed by atoms with van der Waals surface area (Å²) in [6.07, 6.45) is 7.22. The molecule has 2 aliphatic rings. The summed E-state index contributed by atoms with van der Waals surface area (Å²) in [5, 5.41) is 11.6. The third-order valence-corrected chi connectivity index (χ3v) is 6.13. The fraction of sp³-hybridized carbons (Fsp3) is 0.522. The van der Waals surface area contributed by atoms with Crippen molar-refractivity contribution >= 4 is 0 Å². The number of hydrogen-bond acceptors (Lipinski definition) is 4. The lowest BCUT2D eigenvalue weighted by Crippen LogP contribution is -2.57. The number of nitrogens with zero attached hydrogens (tertiary/aromatic N) is 2. The molecule has 2 bridgehead atoms. The second kappa shape index (κ2) is 7.61. The maximum Gasteiger partial charge on any atom is 0.119 e. The summed E-state index contributed by atoms with van der Waals surface area (Å²) < 4.78 is 5.74. The second-order valence-electron chi connectivity index (χ2n) is 8.40. The molecule has 1 aromatic carbocycles. The summed E-state index contributed by atoms with van der Waals surface area (Å²) in [5.41, 5.74) is 1.57. The molecule has 1 aromatic heterocycles. The van der Waals surface area contributed by atoms with Crippen LogP contribution in [0.3, 0.4) is 0 Å². The van der Waals surface area contributed by atoms with Gasteiger partial charge in [0.2, 0.25) is 0 Å². The molecule has 1 saturated heterocycles. The Bertz CT molecular complexity index is 731. The van der Waals surface area contributed by atoms with Crippen LogP contribution in [-0.2, 0) is 12.1 Å². The standard InChI is InChI=1S/C23H30N2O2/c1-17(2)27-22-10-8-18(9-11-22)14-25-15-20-5-3-6-21(16-25)23(20,26)19-7-4-12-24-13-19/h4,7-13,17,20-21,26H,3,5-6,14-16H2,1-2H3/t20-,21-/m1/s1. The molecule has 0 unspecified atom stereocenters. The van der Waals surface area contributed by atoms with Gasteiger partial charge >= 0.3 is 0 Å². The van der Waals surface area contributed by atoms with Crippen molar-refractivity contribution in [2.24, 2.45) is 11.8 Å². The number of hydrogen-bond donors (Lipinski definition) is 1. The van der Waals surface area contributed by atoms with Gasteiger partial charge in [-0.3, -0.25) is 9.88 Å². The van der Waals surface area contributed by atoms with Crippen LogP contribution in [0.25, 0.3) is 0 Å². The number of likely N-dealkylation sites (tertiary alicyclic amines) is 1. The van der Waals surface area contributed by atoms with Gasteiger partial charge in [0.1, 0.15) is 5.75 Å². The highest BCUT2D eigenvalue weighted by molar-refractivity contribution is 5.28. The minimum Gasteiger partial charge on any atom is -0.491 e. The molecule has 1 N–H and O–H groups in total. The number of ether oxygens (including phenoxy) is 1. The van der Waals surface area contributed by atoms with E-state index in [9.17, 15) is 5.11 Å². The fourth-order valence-electron chi connectivity index (χ4n) is 4.95. The Morgan fingerprint density at radius 2 is 1.85 bits per heavy atom. The molecule has 4 heteroatoms. The highest BCUT2D eigenvalue weighted by atomic mass is 16.5. The predicted octanol–water partition coefficient (Wildman–Crippen LogP) is 3.99. The number of fused-ring (bicyclic) bond motifs is 2. The fourth-order valence-corrected chi connectivity index (χ4v) is 4.95. The number of pyridine rings is 1. The van der Waals surface area contributed by atoms with Gasteiger partial charge in [0.25, 0.3) is 0 Å². The van der Waals surface area contributed by atoms with E-state index in [-0.39, 0.29) is 17.9 Å². The van der Waals surface area contributed by atoms with E-state index in [0.29, 0.717) is 0 Å². The maximum atomic E-state index is 11.6. The molecule has 2 heterocycles. The van der Waals surface area contributed by atoms with Gasteiger partial charge in [-0.15, -0.1) is 0 Å². The van der Waals surface area contributed by atoms with Crippen LogP contribution in [-0.4, -0.2) is 34.2 Å². The largest absolute Gasteiger partial charge is 0.491 e. The third kappa shape index (κ3) is 3.74. The zero-order chi connectivity index (χ0) is 18.9. The number of piperidine rings is 1. The first-order valence-electron chi connectivity index (χ1n) is 10.2. The average Bonchev–Trinajstić information content (AvgIpc) is 2.64. The van der Waals surface area contributed by atoms with Crippen LogP contribution < -0.4 is 4.74 Å². The Kier molecular flexibility index (Phi) is 5.20. The van der Waals surface area contributed by atoms with Crippen LogP contribution in [0, 0.1) is 11.8 Å². The molecule has 0 amide bonds. The topological polar surface area (TPSA) is 45.6 Å². The molecule has 2 atom stereocenters. The molecule has 144 valence electrons. The SMILES string of the molecule is CC(C)Oc1ccc(CN2C[C@H]3CCC[C@H](C2)C3(O)c2cccnc2)cc1. The first kappa shape index (κ1) is 18.5. The van der Waals surface area contributed by atoms with Crippen LogP contribution in [0.2, 0.25) is 0 Å². The molecule has 0 spiro atoms. The van der Waals surface area contributed by atoms with E-state index in [1.807, 2.05) is 32.2 Å². The van der Waals surface area contributed by atoms with Crippen molar-refractivity contribution in [2.75, 3.05) is 13.1 Å². The van der Waals surface area contributed by atoms with Gasteiger partial charge in [-0.2, -0.15) is 0 Å². The molecule has 2 aromatic rings. The predicted molar refractivity (Wildman–Crippen MR) is 106 cm³/mol. The lowest BCUT2D eigenvalue weighted by molar-refractivity contribution is -0.148. The van der Waals surface area contributed by atoms with Gasteiger partial charge in [-0.1, -0.05) is 24.6 Å². The van der Waals surface area contributed by atoms with Crippen LogP contribution in [0.1, 0.15) is 44.2 Å². The second-order valence-corrected chi connectivity index (χ2v) is 8.40. The number of rotatable bonds is 5. The molecular weight excluding hydrogens is 336 g/mol. The van der Waals surface area contributed by atoms with Gasteiger partial charge in [-0.05, 0) is 50.5 Å². The molecule has 0 radical (unpaired) electrons. The van der Waals surface area contributed by atoms with E-state index < -0.39 is 5.60 Å². The summed E-state index contributed by atoms with van der Waals surface area (Å²) in [6, 6.07) is 12.4. The van der Waals surface area contributed by atoms with Gasteiger partial charge in [-0.25, -0.2) is 0 Å². The Balaban J connectivity index is 1.47. The molecule has 4 nitrogen and oxygen atoms in total. The molecule has 2 fully saturated rings. The van der Waals surface area contributed by atoms with Crippen molar-refractivity contribution in [1.82, 2.24) is 9.88 Å². The smallest absolute Gasteiger partial charge is 0.119 e. The maximum absolute atomic E-state index is 11.6. The summed E-state index contributed by atoms with van der Waals surface area (Å²) in [4.78, 5) is 6.77. The number of aromatic nitrogens is 1. The lowest BCUT2D eigenvalue weighted by atomic mass is 9.63. The van der Waals surface area contributed by atoms with Gasteiger partial charge in [0.15, 0.2) is 0 Å². The Labute approximate surface area is 162 Å². The normalized spacial score (nSPS) is 28.3. The van der Waals surface area contributed by atoms with Crippen LogP contribution in [0.15, 0.2) is 48.8 Å². The number of aliphatic hydroxyl groups is 1. The first-order chi connectivity index (χ1) is 13.1. The Morgan fingerprint density at radius 1 is 1.15 bits per heavy atom. The van der Waals surface area contributed by atoms with E-state index in [2.05, 4.69) is 34.1 Å². The molecular formula is C23H30N2O2. The summed E-state index contributed by atoms with van der Waals surface area (Å²) >= 11 is 0. The monoisotopic (exact) mass is 366 g/mol. The van der Waals surface area contributed by atoms with Gasteiger partial charge in [0, 0.05) is 49.4 Å². The average molecular weight is 367 g/mol. The van der Waals surface area contributed by atoms with Crippen LogP contribution >= 0.6 is 0 Å². The number of benzene rings is 1. The minimum atomic E-state index is -0.724. The third-order valence-electron chi connectivity index (χ3n) is 6.13. The van der Waals surface area contributed by atoms with E-state index in [0.717, 1.165) is 43.8 Å². The van der Waals surface area contributed by atoms with Crippen molar-refractivity contribution in [2.45, 2.75) is 51.4 Å². The van der Waals surface area contributed by atoms with Gasteiger partial charge < -0.3 is 9.84 Å². The first-order valence-corrected chi connectivity index (χ1v) is 10.2. The van der Waals surface area contributed by atoms with Crippen LogP contribution in [0.4, 0.5) is 0 Å². The van der Waals surface area contributed by atoms with Crippen molar-refractivity contribution in [1.29, 1.82) is 0 Å². The highest BCUT2D eigenvalue weighted by Crippen LogP contribution is 2.49. The minimum absolute atomic E-state index is 0.197. The van der Waals surface area contributed by atoms with E-state index in [4.69, 9.17) is 4.74 Å². The van der Waals surface area contributed by atoms with Crippen molar-refractivity contribution in [3.63, 3.8) is 0 Å². The van der Waals surface area contributed by atoms with Crippen molar-refractivity contribution in [3.05, 3.63) is 59.9 Å². The van der Waals surface area contributed by atoms with E-state index in [1.54, 1.807) is 6.20 Å². The molecule has 27 heavy (non-hydrogen) atoms. The van der Waals surface area contributed by atoms with E-state index in [1.165, 1.54) is 12.0 Å². The quantitative estimate of drug-likeness (QED) is 0.869. The van der Waals surface area contributed by atoms with Crippen LogP contribution in [0.5, 0.6) is 5.75 Å². The van der Waals surface area contributed by atoms with E-state index >= 15 is 0 Å².